The average molecular weight is 163 g/mol. The van der Waals surface area contributed by atoms with Gasteiger partial charge < -0.3 is 5.41 Å². The number of rotatable bonds is 0. The molecule has 0 aromatic rings. The average Bonchev–Trinajstić information content (AvgIpc) is 2.04. The van der Waals surface area contributed by atoms with Crippen molar-refractivity contribution in [1.82, 2.24) is 0 Å². The van der Waals surface area contributed by atoms with E-state index in [9.17, 15) is 4.79 Å². The third-order valence-electron chi connectivity index (χ3n) is 2.86. The first-order chi connectivity index (χ1) is 5.77. The molecule has 0 amide bonds. The van der Waals surface area contributed by atoms with Gasteiger partial charge in [0.15, 0.2) is 0 Å². The van der Waals surface area contributed by atoms with Gasteiger partial charge in [0.25, 0.3) is 0 Å². The molecule has 0 radical (unpaired) electrons. The fourth-order valence-electron chi connectivity index (χ4n) is 2.21. The third-order valence-corrected chi connectivity index (χ3v) is 2.86. The first-order valence-corrected chi connectivity index (χ1v) is 4.56. The van der Waals surface area contributed by atoms with E-state index in [1.54, 1.807) is 6.08 Å². The van der Waals surface area contributed by atoms with E-state index in [1.165, 1.54) is 0 Å². The van der Waals surface area contributed by atoms with Gasteiger partial charge in [0.05, 0.1) is 0 Å². The Balaban J connectivity index is 2.21. The monoisotopic (exact) mass is 163 g/mol. The lowest BCUT2D eigenvalue weighted by Gasteiger charge is -2.30. The van der Waals surface area contributed by atoms with Crippen molar-refractivity contribution < 1.29 is 4.79 Å². The highest BCUT2D eigenvalue weighted by molar-refractivity contribution is 5.96. The largest absolute Gasteiger partial charge is 0.305 e. The first-order valence-electron chi connectivity index (χ1n) is 4.56. The Morgan fingerprint density at radius 2 is 2.33 bits per heavy atom. The van der Waals surface area contributed by atoms with E-state index in [1.807, 2.05) is 6.08 Å². The van der Waals surface area contributed by atoms with Crippen molar-refractivity contribution in [2.24, 2.45) is 11.8 Å². The Kier molecular flexibility index (Phi) is 1.83. The predicted octanol–water partition coefficient (Wildman–Crippen LogP) is 1.95. The molecule has 2 heteroatoms. The zero-order chi connectivity index (χ0) is 8.55. The van der Waals surface area contributed by atoms with Crippen molar-refractivity contribution >= 4 is 11.5 Å². The number of carbonyl (C=O) groups excluding carboxylic acids is 1. The van der Waals surface area contributed by atoms with Crippen LogP contribution < -0.4 is 0 Å². The number of nitrogens with one attached hydrogen (secondary N) is 1. The lowest BCUT2D eigenvalue weighted by molar-refractivity contribution is -0.124. The van der Waals surface area contributed by atoms with Gasteiger partial charge in [-0.3, -0.25) is 4.79 Å². The van der Waals surface area contributed by atoms with Gasteiger partial charge >= 0.3 is 0 Å². The van der Waals surface area contributed by atoms with E-state index in [0.29, 0.717) is 17.4 Å². The summed E-state index contributed by atoms with van der Waals surface area (Å²) in [6, 6.07) is 0. The maximum atomic E-state index is 11.4. The second kappa shape index (κ2) is 2.85. The van der Waals surface area contributed by atoms with E-state index >= 15 is 0 Å². The number of carbonyl (C=O) groups is 1. The molecule has 1 saturated carbocycles. The Bertz CT molecular complexity index is 255. The quantitative estimate of drug-likeness (QED) is 0.582. The van der Waals surface area contributed by atoms with Crippen LogP contribution in [0.1, 0.15) is 25.7 Å². The fourth-order valence-corrected chi connectivity index (χ4v) is 2.21. The summed E-state index contributed by atoms with van der Waals surface area (Å²) in [5.41, 5.74) is 0.686. The summed E-state index contributed by atoms with van der Waals surface area (Å²) in [4.78, 5) is 11.4. The highest BCUT2D eigenvalue weighted by atomic mass is 16.1. The number of allylic oxidation sites excluding steroid dienone is 2. The van der Waals surface area contributed by atoms with Crippen LogP contribution in [0.15, 0.2) is 12.2 Å². The highest BCUT2D eigenvalue weighted by Crippen LogP contribution is 2.33. The Hall–Kier alpha value is -0.920. The number of hydrogen-bond donors (Lipinski definition) is 1. The van der Waals surface area contributed by atoms with Gasteiger partial charge in [-0.1, -0.05) is 6.08 Å². The summed E-state index contributed by atoms with van der Waals surface area (Å²) >= 11 is 0. The molecule has 12 heavy (non-hydrogen) atoms. The molecule has 0 aromatic heterocycles. The molecule has 0 heterocycles. The molecule has 2 aliphatic carbocycles. The van der Waals surface area contributed by atoms with Gasteiger partial charge in [-0.15, -0.1) is 0 Å². The van der Waals surface area contributed by atoms with Crippen LogP contribution >= 0.6 is 0 Å². The van der Waals surface area contributed by atoms with Crippen LogP contribution in [0.25, 0.3) is 0 Å². The molecule has 0 aliphatic heterocycles. The summed E-state index contributed by atoms with van der Waals surface area (Å²) in [5.74, 6) is 0.978. The van der Waals surface area contributed by atoms with Crippen molar-refractivity contribution in [1.29, 1.82) is 5.41 Å². The molecule has 0 aromatic carbocycles. The number of fused-ring (bicyclic) bond motifs is 1. The van der Waals surface area contributed by atoms with E-state index in [4.69, 9.17) is 5.41 Å². The Morgan fingerprint density at radius 1 is 1.50 bits per heavy atom. The zero-order valence-corrected chi connectivity index (χ0v) is 7.05. The molecule has 1 N–H and O–H groups in total. The van der Waals surface area contributed by atoms with Crippen LogP contribution in [0.4, 0.5) is 0 Å². The van der Waals surface area contributed by atoms with Gasteiger partial charge in [-0.2, -0.15) is 0 Å². The number of hydrogen-bond acceptors (Lipinski definition) is 2. The zero-order valence-electron chi connectivity index (χ0n) is 7.05. The molecule has 0 saturated heterocycles. The molecule has 2 atom stereocenters. The minimum absolute atomic E-state index is 0.146. The van der Waals surface area contributed by atoms with Gasteiger partial charge in [0, 0.05) is 18.1 Å². The molecule has 2 rings (SSSR count). The summed E-state index contributed by atoms with van der Waals surface area (Å²) in [6.45, 7) is 0. The molecular weight excluding hydrogens is 150 g/mol. The van der Waals surface area contributed by atoms with Crippen LogP contribution in [0.2, 0.25) is 0 Å². The van der Waals surface area contributed by atoms with E-state index in [2.05, 4.69) is 0 Å². The van der Waals surface area contributed by atoms with Crippen molar-refractivity contribution in [3.8, 4) is 0 Å². The van der Waals surface area contributed by atoms with Crippen LogP contribution in [0, 0.1) is 17.2 Å². The fraction of sp³-hybridized carbons (Fsp3) is 0.600. The smallest absolute Gasteiger partial charge is 0.140 e. The van der Waals surface area contributed by atoms with Crippen molar-refractivity contribution in [3.05, 3.63) is 12.2 Å². The molecule has 2 nitrogen and oxygen atoms in total. The van der Waals surface area contributed by atoms with Crippen molar-refractivity contribution in [2.45, 2.75) is 25.7 Å². The lowest BCUT2D eigenvalue weighted by Crippen LogP contribution is -2.30. The molecule has 0 spiro atoms. The summed E-state index contributed by atoms with van der Waals surface area (Å²) in [5, 5.41) is 7.48. The summed E-state index contributed by atoms with van der Waals surface area (Å²) < 4.78 is 0. The minimum Gasteiger partial charge on any atom is -0.305 e. The summed E-state index contributed by atoms with van der Waals surface area (Å²) in [7, 11) is 0. The third kappa shape index (κ3) is 1.22. The predicted molar refractivity (Wildman–Crippen MR) is 47.3 cm³/mol. The van der Waals surface area contributed by atoms with Crippen LogP contribution in [0.3, 0.4) is 0 Å². The molecule has 0 bridgehead atoms. The molecular formula is C10H13NO. The van der Waals surface area contributed by atoms with E-state index in [-0.39, 0.29) is 5.92 Å². The van der Waals surface area contributed by atoms with E-state index in [0.717, 1.165) is 25.7 Å². The second-order valence-electron chi connectivity index (χ2n) is 3.73. The van der Waals surface area contributed by atoms with Gasteiger partial charge in [0.2, 0.25) is 0 Å². The molecule has 64 valence electrons. The SMILES string of the molecule is N=C1C=CC2C(=O)CCCC2C1. The van der Waals surface area contributed by atoms with Gasteiger partial charge in [0.1, 0.15) is 5.78 Å². The maximum Gasteiger partial charge on any atom is 0.140 e. The van der Waals surface area contributed by atoms with Crippen LogP contribution in [0.5, 0.6) is 0 Å². The lowest BCUT2D eigenvalue weighted by atomic mass is 9.73. The van der Waals surface area contributed by atoms with Crippen LogP contribution in [-0.2, 0) is 4.79 Å². The maximum absolute atomic E-state index is 11.4. The van der Waals surface area contributed by atoms with Gasteiger partial charge in [-0.25, -0.2) is 0 Å². The first kappa shape index (κ1) is 7.71. The van der Waals surface area contributed by atoms with Crippen LogP contribution in [-0.4, -0.2) is 11.5 Å². The molecule has 2 aliphatic rings. The highest BCUT2D eigenvalue weighted by Gasteiger charge is 2.32. The van der Waals surface area contributed by atoms with Gasteiger partial charge in [-0.05, 0) is 31.3 Å². The normalized spacial score (nSPS) is 35.0. The van der Waals surface area contributed by atoms with Crippen molar-refractivity contribution in [2.75, 3.05) is 0 Å². The van der Waals surface area contributed by atoms with E-state index < -0.39 is 0 Å². The second-order valence-corrected chi connectivity index (χ2v) is 3.73. The minimum atomic E-state index is 0.146. The van der Waals surface area contributed by atoms with Crippen molar-refractivity contribution in [3.63, 3.8) is 0 Å². The standard InChI is InChI=1S/C10H13NO/c11-8-4-5-9-7(6-8)2-1-3-10(9)12/h4-5,7,9,11H,1-3,6H2. The molecule has 1 fully saturated rings. The Morgan fingerprint density at radius 3 is 3.17 bits per heavy atom. The Labute approximate surface area is 72.2 Å². The number of Topliss-reactive ketones (excluding diaryl/α,β-unsaturated/α-hetero) is 1. The number of ketones is 1. The topological polar surface area (TPSA) is 40.9 Å². The summed E-state index contributed by atoms with van der Waals surface area (Å²) in [6.07, 6.45) is 7.44. The molecule has 2 unspecified atom stereocenters.